The first-order chi connectivity index (χ1) is 5.43. The fourth-order valence-electron chi connectivity index (χ4n) is 1.16. The predicted molar refractivity (Wildman–Crippen MR) is 42.0 cm³/mol. The fourth-order valence-corrected chi connectivity index (χ4v) is 1.16. The Bertz CT molecular complexity index is 111. The maximum atomic E-state index is 9.90. The molecule has 0 unspecified atom stereocenters. The average molecular weight is 156 g/mol. The zero-order chi connectivity index (χ0) is 7.94. The minimum atomic E-state index is 0.222. The van der Waals surface area contributed by atoms with Gasteiger partial charge in [-0.15, -0.1) is 0 Å². The van der Waals surface area contributed by atoms with E-state index in [1.165, 1.54) is 0 Å². The van der Waals surface area contributed by atoms with Crippen molar-refractivity contribution < 1.29 is 9.53 Å². The van der Waals surface area contributed by atoms with Gasteiger partial charge >= 0.3 is 0 Å². The lowest BCUT2D eigenvalue weighted by Crippen LogP contribution is -2.32. The zero-order valence-corrected chi connectivity index (χ0v) is 6.66. The molecule has 1 aliphatic rings. The third-order valence-electron chi connectivity index (χ3n) is 1.76. The molecule has 1 fully saturated rings. The van der Waals surface area contributed by atoms with E-state index in [0.717, 1.165) is 32.2 Å². The fraction of sp³-hybridized carbons (Fsp3) is 0.750. The van der Waals surface area contributed by atoms with Crippen molar-refractivity contribution in [2.75, 3.05) is 26.4 Å². The molecule has 3 heteroatoms. The summed E-state index contributed by atoms with van der Waals surface area (Å²) in [5.41, 5.74) is 0. The molecular formula is C8H14NO2. The van der Waals surface area contributed by atoms with Gasteiger partial charge in [0.05, 0.1) is 6.73 Å². The van der Waals surface area contributed by atoms with Gasteiger partial charge in [-0.25, -0.2) is 0 Å². The molecule has 63 valence electrons. The van der Waals surface area contributed by atoms with Gasteiger partial charge in [0.25, 0.3) is 0 Å². The lowest BCUT2D eigenvalue weighted by Gasteiger charge is -2.25. The van der Waals surface area contributed by atoms with Crippen LogP contribution in [-0.2, 0) is 9.53 Å². The quantitative estimate of drug-likeness (QED) is 0.437. The van der Waals surface area contributed by atoms with Crippen LogP contribution < -0.4 is 0 Å². The molecule has 11 heavy (non-hydrogen) atoms. The number of nitrogens with zero attached hydrogens (tertiary/aromatic N) is 1. The lowest BCUT2D eigenvalue weighted by atomic mass is 10.1. The summed E-state index contributed by atoms with van der Waals surface area (Å²) in [5, 5.41) is 0. The van der Waals surface area contributed by atoms with Crippen LogP contribution in [0.15, 0.2) is 0 Å². The van der Waals surface area contributed by atoms with Crippen LogP contribution in [0.2, 0.25) is 0 Å². The molecule has 1 aliphatic heterocycles. The molecule has 1 radical (unpaired) electrons. The highest BCUT2D eigenvalue weighted by Gasteiger charge is 2.08. The molecule has 0 bridgehead atoms. The van der Waals surface area contributed by atoms with Crippen LogP contribution >= 0.6 is 0 Å². The van der Waals surface area contributed by atoms with Gasteiger partial charge in [0.2, 0.25) is 0 Å². The minimum absolute atomic E-state index is 0.222. The van der Waals surface area contributed by atoms with Gasteiger partial charge in [0, 0.05) is 13.1 Å². The molecule has 0 amide bonds. The van der Waals surface area contributed by atoms with Crippen molar-refractivity contribution in [1.29, 1.82) is 0 Å². The van der Waals surface area contributed by atoms with E-state index in [9.17, 15) is 4.79 Å². The highest BCUT2D eigenvalue weighted by Crippen LogP contribution is 2.06. The van der Waals surface area contributed by atoms with Crippen molar-refractivity contribution in [2.45, 2.75) is 12.8 Å². The van der Waals surface area contributed by atoms with Crippen molar-refractivity contribution in [3.05, 3.63) is 6.42 Å². The molecule has 0 N–H and O–H groups in total. The summed E-state index contributed by atoms with van der Waals surface area (Å²) in [7, 11) is 0. The number of hydrogen-bond acceptors (Lipinski definition) is 3. The number of rotatable bonds is 4. The number of ether oxygens (including phenoxy) is 1. The van der Waals surface area contributed by atoms with Gasteiger partial charge in [-0.3, -0.25) is 4.90 Å². The van der Waals surface area contributed by atoms with E-state index in [1.807, 2.05) is 0 Å². The first-order valence-electron chi connectivity index (χ1n) is 3.99. The van der Waals surface area contributed by atoms with Gasteiger partial charge in [-0.1, -0.05) is 0 Å². The molecule has 1 rings (SSSR count). The van der Waals surface area contributed by atoms with Crippen molar-refractivity contribution in [1.82, 2.24) is 4.90 Å². The Morgan fingerprint density at radius 2 is 2.18 bits per heavy atom. The topological polar surface area (TPSA) is 29.5 Å². The van der Waals surface area contributed by atoms with Gasteiger partial charge < -0.3 is 9.53 Å². The Balaban J connectivity index is 2.00. The molecule has 0 saturated carbocycles. The summed E-state index contributed by atoms with van der Waals surface area (Å²) >= 11 is 0. The van der Waals surface area contributed by atoms with Crippen molar-refractivity contribution in [3.8, 4) is 0 Å². The second-order valence-corrected chi connectivity index (χ2v) is 2.65. The smallest absolute Gasteiger partial charge is 0.145 e. The van der Waals surface area contributed by atoms with Crippen LogP contribution in [0, 0.1) is 6.42 Å². The number of hydrogen-bond donors (Lipinski definition) is 0. The Morgan fingerprint density at radius 1 is 1.45 bits per heavy atom. The first-order valence-corrected chi connectivity index (χ1v) is 3.99. The van der Waals surface area contributed by atoms with E-state index in [1.54, 1.807) is 0 Å². The van der Waals surface area contributed by atoms with E-state index in [2.05, 4.69) is 11.3 Å². The Kier molecular flexibility index (Phi) is 4.16. The van der Waals surface area contributed by atoms with Gasteiger partial charge in [-0.05, 0) is 19.3 Å². The maximum absolute atomic E-state index is 9.90. The molecule has 0 atom stereocenters. The van der Waals surface area contributed by atoms with Crippen molar-refractivity contribution in [2.24, 2.45) is 0 Å². The van der Waals surface area contributed by atoms with Gasteiger partial charge in [0.1, 0.15) is 12.9 Å². The van der Waals surface area contributed by atoms with E-state index in [0.29, 0.717) is 6.73 Å². The molecule has 0 aromatic heterocycles. The second kappa shape index (κ2) is 5.27. The van der Waals surface area contributed by atoms with E-state index in [-0.39, 0.29) is 6.61 Å². The Morgan fingerprint density at radius 3 is 2.82 bits per heavy atom. The molecule has 3 nitrogen and oxygen atoms in total. The molecule has 0 aromatic carbocycles. The normalized spacial score (nSPS) is 20.0. The second-order valence-electron chi connectivity index (χ2n) is 2.65. The van der Waals surface area contributed by atoms with Crippen molar-refractivity contribution >= 4 is 6.29 Å². The van der Waals surface area contributed by atoms with E-state index < -0.39 is 0 Å². The van der Waals surface area contributed by atoms with Crippen molar-refractivity contribution in [3.63, 3.8) is 0 Å². The van der Waals surface area contributed by atoms with Crippen LogP contribution in [-0.4, -0.2) is 37.6 Å². The van der Waals surface area contributed by atoms with Crippen LogP contribution in [0.1, 0.15) is 12.8 Å². The summed E-state index contributed by atoms with van der Waals surface area (Å²) in [6, 6.07) is 0. The standard InChI is InChI=1S/C8H14NO2/c10-6-7-11-8-9-4-2-1-3-5-9/h1,6H,2-5,7-8H2. The highest BCUT2D eigenvalue weighted by molar-refractivity contribution is 5.50. The minimum Gasteiger partial charge on any atom is -0.359 e. The summed E-state index contributed by atoms with van der Waals surface area (Å²) in [6.45, 7) is 2.96. The number of carbonyl (C=O) groups excluding carboxylic acids is 1. The zero-order valence-electron chi connectivity index (χ0n) is 6.66. The Labute approximate surface area is 67.3 Å². The number of carbonyl (C=O) groups is 1. The first kappa shape index (κ1) is 8.68. The summed E-state index contributed by atoms with van der Waals surface area (Å²) in [4.78, 5) is 12.1. The summed E-state index contributed by atoms with van der Waals surface area (Å²) in [6.07, 6.45) is 5.36. The number of piperidine rings is 1. The average Bonchev–Trinajstić information content (AvgIpc) is 2.07. The monoisotopic (exact) mass is 156 g/mol. The van der Waals surface area contributed by atoms with Crippen LogP contribution in [0.4, 0.5) is 0 Å². The van der Waals surface area contributed by atoms with Crippen LogP contribution in [0.3, 0.4) is 0 Å². The third kappa shape index (κ3) is 3.49. The molecule has 1 heterocycles. The SMILES string of the molecule is O=CCOCN1CC[CH]CC1. The van der Waals surface area contributed by atoms with Gasteiger partial charge in [0.15, 0.2) is 0 Å². The molecule has 0 aromatic rings. The Hall–Kier alpha value is -0.410. The van der Waals surface area contributed by atoms with E-state index in [4.69, 9.17) is 4.74 Å². The molecular weight excluding hydrogens is 142 g/mol. The number of likely N-dealkylation sites (tertiary alicyclic amines) is 1. The lowest BCUT2D eigenvalue weighted by molar-refractivity contribution is -0.113. The highest BCUT2D eigenvalue weighted by atomic mass is 16.5. The molecule has 1 saturated heterocycles. The molecule has 0 aliphatic carbocycles. The van der Waals surface area contributed by atoms with Crippen LogP contribution in [0.25, 0.3) is 0 Å². The predicted octanol–water partition coefficient (Wildman–Crippen LogP) is 0.459. The van der Waals surface area contributed by atoms with Gasteiger partial charge in [-0.2, -0.15) is 0 Å². The largest absolute Gasteiger partial charge is 0.359 e. The third-order valence-corrected chi connectivity index (χ3v) is 1.76. The summed E-state index contributed by atoms with van der Waals surface area (Å²) < 4.78 is 5.07. The van der Waals surface area contributed by atoms with Crippen LogP contribution in [0.5, 0.6) is 0 Å². The summed E-state index contributed by atoms with van der Waals surface area (Å²) in [5.74, 6) is 0. The molecule has 0 spiro atoms. The maximum Gasteiger partial charge on any atom is 0.145 e. The van der Waals surface area contributed by atoms with E-state index >= 15 is 0 Å². The number of aldehydes is 1.